The van der Waals surface area contributed by atoms with E-state index in [0.29, 0.717) is 18.8 Å². The van der Waals surface area contributed by atoms with Crippen LogP contribution in [0, 0.1) is 12.7 Å². The first-order valence-corrected chi connectivity index (χ1v) is 10.7. The van der Waals surface area contributed by atoms with Crippen molar-refractivity contribution >= 4 is 33.3 Å². The fourth-order valence-corrected chi connectivity index (χ4v) is 4.75. The normalized spacial score (nSPS) is 16.8. The lowest BCUT2D eigenvalue weighted by molar-refractivity contribution is 0.201. The number of carbonyl (C=O) groups excluding carboxylic acids is 1. The van der Waals surface area contributed by atoms with Gasteiger partial charge in [0.2, 0.25) is 0 Å². The second-order valence-electron chi connectivity index (χ2n) is 7.62. The molecule has 1 unspecified atom stereocenters. The predicted molar refractivity (Wildman–Crippen MR) is 116 cm³/mol. The monoisotopic (exact) mass is 412 g/mol. The number of benzene rings is 2. The Morgan fingerprint density at radius 3 is 3.00 bits per heavy atom. The number of urea groups is 1. The van der Waals surface area contributed by atoms with Gasteiger partial charge in [-0.15, -0.1) is 11.3 Å². The number of rotatable bonds is 4. The van der Waals surface area contributed by atoms with Gasteiger partial charge < -0.3 is 15.1 Å². The third-order valence-electron chi connectivity index (χ3n) is 5.25. The zero-order valence-electron chi connectivity index (χ0n) is 16.7. The van der Waals surface area contributed by atoms with Crippen LogP contribution in [0.25, 0.3) is 10.2 Å². The Morgan fingerprint density at radius 1 is 1.34 bits per heavy atom. The van der Waals surface area contributed by atoms with Crippen molar-refractivity contribution in [3.05, 3.63) is 58.9 Å². The third-order valence-corrected chi connectivity index (χ3v) is 6.27. The van der Waals surface area contributed by atoms with Crippen molar-refractivity contribution in [1.82, 2.24) is 15.2 Å². The number of anilines is 1. The molecule has 2 aromatic carbocycles. The van der Waals surface area contributed by atoms with Gasteiger partial charge >= 0.3 is 6.03 Å². The largest absolute Gasteiger partial charge is 0.367 e. The lowest BCUT2D eigenvalue weighted by Gasteiger charge is -2.35. The first-order valence-electron chi connectivity index (χ1n) is 9.87. The first-order chi connectivity index (χ1) is 14.0. The molecule has 0 bridgehead atoms. The van der Waals surface area contributed by atoms with Gasteiger partial charge in [0.1, 0.15) is 10.8 Å². The summed E-state index contributed by atoms with van der Waals surface area (Å²) >= 11 is 1.61. The molecule has 2 heterocycles. The molecule has 2 amide bonds. The van der Waals surface area contributed by atoms with E-state index in [-0.39, 0.29) is 17.9 Å². The molecule has 0 saturated carbocycles. The van der Waals surface area contributed by atoms with Gasteiger partial charge in [0, 0.05) is 26.2 Å². The number of nitrogens with zero attached hydrogens (tertiary/aromatic N) is 3. The average Bonchev–Trinajstić information content (AvgIpc) is 3.12. The van der Waals surface area contributed by atoms with E-state index in [1.54, 1.807) is 29.4 Å². The minimum atomic E-state index is -0.212. The van der Waals surface area contributed by atoms with Crippen LogP contribution in [0.2, 0.25) is 0 Å². The number of nitrogens with one attached hydrogen (secondary N) is 1. The molecule has 0 radical (unpaired) electrons. The van der Waals surface area contributed by atoms with Crippen LogP contribution in [0.3, 0.4) is 0 Å². The van der Waals surface area contributed by atoms with Crippen LogP contribution in [0.5, 0.6) is 0 Å². The summed E-state index contributed by atoms with van der Waals surface area (Å²) in [6.07, 6.45) is 1.81. The maximum atomic E-state index is 14.3. The number of piperidine rings is 1. The topological polar surface area (TPSA) is 48.5 Å². The van der Waals surface area contributed by atoms with Crippen LogP contribution in [0.15, 0.2) is 42.5 Å². The summed E-state index contributed by atoms with van der Waals surface area (Å²) in [7, 11) is 1.78. The van der Waals surface area contributed by atoms with Crippen molar-refractivity contribution in [3.63, 3.8) is 0 Å². The summed E-state index contributed by atoms with van der Waals surface area (Å²) in [4.78, 5) is 21.0. The van der Waals surface area contributed by atoms with Crippen molar-refractivity contribution in [2.24, 2.45) is 0 Å². The molecule has 1 fully saturated rings. The second kappa shape index (κ2) is 8.37. The number of aryl methyl sites for hydroxylation is 1. The Kier molecular flexibility index (Phi) is 5.67. The summed E-state index contributed by atoms with van der Waals surface area (Å²) in [6.45, 7) is 3.84. The van der Waals surface area contributed by atoms with E-state index in [1.165, 1.54) is 6.07 Å². The predicted octanol–water partition coefficient (Wildman–Crippen LogP) is 4.55. The highest BCUT2D eigenvalue weighted by atomic mass is 32.1. The molecule has 7 heteroatoms. The molecule has 1 saturated heterocycles. The Hall–Kier alpha value is -2.67. The van der Waals surface area contributed by atoms with Crippen LogP contribution in [0.4, 0.5) is 14.9 Å². The number of aromatic nitrogens is 1. The number of hydrogen-bond acceptors (Lipinski definition) is 4. The number of carbonyl (C=O) groups is 1. The van der Waals surface area contributed by atoms with Crippen molar-refractivity contribution in [2.75, 3.05) is 25.0 Å². The number of halogens is 1. The molecule has 4 rings (SSSR count). The highest BCUT2D eigenvalue weighted by molar-refractivity contribution is 7.18. The van der Waals surface area contributed by atoms with Crippen LogP contribution in [0.1, 0.15) is 23.4 Å². The number of fused-ring (bicyclic) bond motifs is 1. The molecule has 0 aliphatic carbocycles. The zero-order valence-corrected chi connectivity index (χ0v) is 17.5. The zero-order chi connectivity index (χ0) is 20.4. The highest BCUT2D eigenvalue weighted by Gasteiger charge is 2.24. The van der Waals surface area contributed by atoms with E-state index in [2.05, 4.69) is 10.3 Å². The summed E-state index contributed by atoms with van der Waals surface area (Å²) in [5.74, 6) is -0.212. The number of thiazole rings is 1. The molecule has 1 aliphatic heterocycles. The Balaban J connectivity index is 1.37. The molecule has 1 aromatic heterocycles. The average molecular weight is 413 g/mol. The van der Waals surface area contributed by atoms with E-state index >= 15 is 0 Å². The number of hydrogen-bond donors (Lipinski definition) is 1. The van der Waals surface area contributed by atoms with Gasteiger partial charge in [0.05, 0.1) is 22.4 Å². The van der Waals surface area contributed by atoms with Gasteiger partial charge in [-0.05, 0) is 49.6 Å². The molecule has 29 heavy (non-hydrogen) atoms. The van der Waals surface area contributed by atoms with E-state index < -0.39 is 0 Å². The molecule has 0 spiro atoms. The third kappa shape index (κ3) is 4.50. The van der Waals surface area contributed by atoms with E-state index in [1.807, 2.05) is 42.2 Å². The first kappa shape index (κ1) is 19.6. The smallest absolute Gasteiger partial charge is 0.317 e. The molecule has 1 atom stereocenters. The van der Waals surface area contributed by atoms with Crippen molar-refractivity contribution in [1.29, 1.82) is 0 Å². The molecule has 1 aliphatic rings. The minimum Gasteiger partial charge on any atom is -0.367 e. The summed E-state index contributed by atoms with van der Waals surface area (Å²) < 4.78 is 15.4. The molecule has 5 nitrogen and oxygen atoms in total. The fraction of sp³-hybridized carbons (Fsp3) is 0.364. The van der Waals surface area contributed by atoms with Crippen molar-refractivity contribution < 1.29 is 9.18 Å². The summed E-state index contributed by atoms with van der Waals surface area (Å²) in [5.41, 5.74) is 2.61. The van der Waals surface area contributed by atoms with Gasteiger partial charge in [0.25, 0.3) is 0 Å². The quantitative estimate of drug-likeness (QED) is 0.684. The summed E-state index contributed by atoms with van der Waals surface area (Å²) in [5, 5.41) is 4.02. The van der Waals surface area contributed by atoms with Gasteiger partial charge in [-0.1, -0.05) is 18.2 Å². The Labute approximate surface area is 174 Å². The Bertz CT molecular complexity index is 988. The van der Waals surface area contributed by atoms with E-state index in [4.69, 9.17) is 0 Å². The van der Waals surface area contributed by atoms with Crippen molar-refractivity contribution in [2.45, 2.75) is 32.4 Å². The van der Waals surface area contributed by atoms with Gasteiger partial charge in [-0.3, -0.25) is 0 Å². The maximum absolute atomic E-state index is 14.3. The standard InChI is InChI=1S/C22H25FN4OS/c1-15-9-10-17(23)19(12-15)27-11-5-6-16(13-27)24-22(28)26(2)14-21-25-18-7-3-4-8-20(18)29-21/h3-4,7-10,12,16H,5-6,11,13-14H2,1-2H3,(H,24,28). The summed E-state index contributed by atoms with van der Waals surface area (Å²) in [6, 6.07) is 13.0. The van der Waals surface area contributed by atoms with Crippen LogP contribution in [-0.4, -0.2) is 42.1 Å². The molecular weight excluding hydrogens is 387 g/mol. The van der Waals surface area contributed by atoms with Crippen LogP contribution in [-0.2, 0) is 6.54 Å². The molecule has 3 aromatic rings. The molecular formula is C22H25FN4OS. The number of para-hydroxylation sites is 1. The van der Waals surface area contributed by atoms with Crippen molar-refractivity contribution in [3.8, 4) is 0 Å². The van der Waals surface area contributed by atoms with Crippen LogP contribution >= 0.6 is 11.3 Å². The fourth-order valence-electron chi connectivity index (χ4n) is 3.73. The SMILES string of the molecule is Cc1ccc(F)c(N2CCCC(NC(=O)N(C)Cc3nc4ccccc4s3)C2)c1. The van der Waals surface area contributed by atoms with E-state index in [9.17, 15) is 9.18 Å². The minimum absolute atomic E-state index is 0.00557. The van der Waals surface area contributed by atoms with Crippen LogP contribution < -0.4 is 10.2 Å². The Morgan fingerprint density at radius 2 is 2.17 bits per heavy atom. The molecule has 152 valence electrons. The second-order valence-corrected chi connectivity index (χ2v) is 8.74. The highest BCUT2D eigenvalue weighted by Crippen LogP contribution is 2.25. The lowest BCUT2D eigenvalue weighted by Crippen LogP contribution is -2.51. The molecule has 1 N–H and O–H groups in total. The van der Waals surface area contributed by atoms with Gasteiger partial charge in [-0.2, -0.15) is 0 Å². The number of amides is 2. The maximum Gasteiger partial charge on any atom is 0.317 e. The van der Waals surface area contributed by atoms with Gasteiger partial charge in [0.15, 0.2) is 0 Å². The van der Waals surface area contributed by atoms with Gasteiger partial charge in [-0.25, -0.2) is 14.2 Å². The van der Waals surface area contributed by atoms with E-state index in [0.717, 1.165) is 40.2 Å². The lowest BCUT2D eigenvalue weighted by atomic mass is 10.0.